The molecule has 0 aliphatic heterocycles. The van der Waals surface area contributed by atoms with Crippen LogP contribution in [0.2, 0.25) is 0 Å². The summed E-state index contributed by atoms with van der Waals surface area (Å²) >= 11 is 0. The SMILES string of the molecule is Cc1ncccc1OCCNC(C)C1CC1. The summed E-state index contributed by atoms with van der Waals surface area (Å²) in [6.45, 7) is 5.85. The molecule has 1 saturated carbocycles. The molecule has 1 aromatic heterocycles. The van der Waals surface area contributed by atoms with Crippen molar-refractivity contribution in [2.75, 3.05) is 13.2 Å². The van der Waals surface area contributed by atoms with E-state index in [0.29, 0.717) is 12.6 Å². The second kappa shape index (κ2) is 5.30. The Labute approximate surface area is 97.2 Å². The highest BCUT2D eigenvalue weighted by molar-refractivity contribution is 5.25. The molecule has 1 aliphatic rings. The largest absolute Gasteiger partial charge is 0.490 e. The molecule has 88 valence electrons. The van der Waals surface area contributed by atoms with Crippen LogP contribution in [-0.2, 0) is 0 Å². The third-order valence-corrected chi connectivity index (χ3v) is 3.11. The van der Waals surface area contributed by atoms with E-state index in [1.165, 1.54) is 12.8 Å². The van der Waals surface area contributed by atoms with Gasteiger partial charge >= 0.3 is 0 Å². The summed E-state index contributed by atoms with van der Waals surface area (Å²) in [7, 11) is 0. The number of ether oxygens (including phenoxy) is 1. The number of nitrogens with one attached hydrogen (secondary N) is 1. The molecule has 0 bridgehead atoms. The average Bonchev–Trinajstić information content (AvgIpc) is 3.10. The molecule has 3 heteroatoms. The standard InChI is InChI=1S/C13H20N2O/c1-10(12-5-6-12)15-8-9-16-13-4-3-7-14-11(13)2/h3-4,7,10,12,15H,5-6,8-9H2,1-2H3. The topological polar surface area (TPSA) is 34.1 Å². The van der Waals surface area contributed by atoms with Gasteiger partial charge in [0.1, 0.15) is 12.4 Å². The highest BCUT2D eigenvalue weighted by atomic mass is 16.5. The van der Waals surface area contributed by atoms with Crippen molar-refractivity contribution in [1.29, 1.82) is 0 Å². The van der Waals surface area contributed by atoms with Gasteiger partial charge < -0.3 is 10.1 Å². The summed E-state index contributed by atoms with van der Waals surface area (Å²) in [6.07, 6.45) is 4.56. The Bertz CT molecular complexity index is 336. The van der Waals surface area contributed by atoms with Crippen LogP contribution >= 0.6 is 0 Å². The van der Waals surface area contributed by atoms with Gasteiger partial charge in [-0.1, -0.05) is 0 Å². The van der Waals surface area contributed by atoms with E-state index in [-0.39, 0.29) is 0 Å². The monoisotopic (exact) mass is 220 g/mol. The zero-order valence-corrected chi connectivity index (χ0v) is 10.1. The lowest BCUT2D eigenvalue weighted by Crippen LogP contribution is -2.31. The van der Waals surface area contributed by atoms with Gasteiger partial charge in [0.15, 0.2) is 0 Å². The van der Waals surface area contributed by atoms with Crippen LogP contribution in [0.25, 0.3) is 0 Å². The lowest BCUT2D eigenvalue weighted by molar-refractivity contribution is 0.300. The van der Waals surface area contributed by atoms with Crippen molar-refractivity contribution in [2.24, 2.45) is 5.92 Å². The van der Waals surface area contributed by atoms with Crippen molar-refractivity contribution in [3.8, 4) is 5.75 Å². The number of hydrogen-bond donors (Lipinski definition) is 1. The summed E-state index contributed by atoms with van der Waals surface area (Å²) in [4.78, 5) is 4.19. The number of rotatable bonds is 6. The Balaban J connectivity index is 1.66. The van der Waals surface area contributed by atoms with Gasteiger partial charge in [0.25, 0.3) is 0 Å². The van der Waals surface area contributed by atoms with Gasteiger partial charge in [-0.05, 0) is 44.7 Å². The van der Waals surface area contributed by atoms with Crippen LogP contribution in [0.4, 0.5) is 0 Å². The van der Waals surface area contributed by atoms with Gasteiger partial charge in [-0.25, -0.2) is 0 Å². The molecule has 2 rings (SSSR count). The molecule has 0 saturated heterocycles. The van der Waals surface area contributed by atoms with Crippen LogP contribution in [0.5, 0.6) is 5.75 Å². The van der Waals surface area contributed by atoms with Crippen LogP contribution in [0.15, 0.2) is 18.3 Å². The van der Waals surface area contributed by atoms with E-state index >= 15 is 0 Å². The number of hydrogen-bond acceptors (Lipinski definition) is 3. The molecular weight excluding hydrogens is 200 g/mol. The van der Waals surface area contributed by atoms with Gasteiger partial charge in [0, 0.05) is 18.8 Å². The predicted molar refractivity (Wildman–Crippen MR) is 64.7 cm³/mol. The van der Waals surface area contributed by atoms with Gasteiger partial charge in [-0.2, -0.15) is 0 Å². The number of pyridine rings is 1. The van der Waals surface area contributed by atoms with Crippen molar-refractivity contribution in [1.82, 2.24) is 10.3 Å². The van der Waals surface area contributed by atoms with Crippen molar-refractivity contribution >= 4 is 0 Å². The summed E-state index contributed by atoms with van der Waals surface area (Å²) in [5.74, 6) is 1.79. The van der Waals surface area contributed by atoms with Crippen molar-refractivity contribution in [3.05, 3.63) is 24.0 Å². The Hall–Kier alpha value is -1.09. The molecule has 0 aromatic carbocycles. The Morgan fingerprint density at radius 3 is 3.06 bits per heavy atom. The van der Waals surface area contributed by atoms with Crippen LogP contribution in [0, 0.1) is 12.8 Å². The predicted octanol–water partition coefficient (Wildman–Crippen LogP) is 2.16. The molecule has 1 aliphatic carbocycles. The van der Waals surface area contributed by atoms with Crippen LogP contribution in [0.3, 0.4) is 0 Å². The number of aromatic nitrogens is 1. The zero-order chi connectivity index (χ0) is 11.4. The molecule has 16 heavy (non-hydrogen) atoms. The minimum atomic E-state index is 0.638. The van der Waals surface area contributed by atoms with Crippen molar-refractivity contribution in [2.45, 2.75) is 32.7 Å². The van der Waals surface area contributed by atoms with Gasteiger partial charge in [0.05, 0.1) is 5.69 Å². The molecule has 3 nitrogen and oxygen atoms in total. The van der Waals surface area contributed by atoms with Gasteiger partial charge in [-0.3, -0.25) is 4.98 Å². The maximum atomic E-state index is 5.66. The van der Waals surface area contributed by atoms with E-state index in [4.69, 9.17) is 4.74 Å². The molecule has 1 atom stereocenters. The van der Waals surface area contributed by atoms with E-state index in [0.717, 1.165) is 23.9 Å². The minimum absolute atomic E-state index is 0.638. The highest BCUT2D eigenvalue weighted by Crippen LogP contribution is 2.32. The van der Waals surface area contributed by atoms with E-state index in [1.807, 2.05) is 19.1 Å². The van der Waals surface area contributed by atoms with Crippen LogP contribution < -0.4 is 10.1 Å². The summed E-state index contributed by atoms with van der Waals surface area (Å²) in [6, 6.07) is 4.51. The summed E-state index contributed by atoms with van der Waals surface area (Å²) < 4.78 is 5.66. The first-order valence-electron chi connectivity index (χ1n) is 6.05. The Morgan fingerprint density at radius 2 is 2.38 bits per heavy atom. The lowest BCUT2D eigenvalue weighted by atomic mass is 10.2. The van der Waals surface area contributed by atoms with Gasteiger partial charge in [0.2, 0.25) is 0 Å². The first-order valence-corrected chi connectivity index (χ1v) is 6.05. The maximum Gasteiger partial charge on any atom is 0.140 e. The minimum Gasteiger partial charge on any atom is -0.490 e. The molecule has 1 heterocycles. The fourth-order valence-corrected chi connectivity index (χ4v) is 1.83. The highest BCUT2D eigenvalue weighted by Gasteiger charge is 2.27. The molecule has 0 spiro atoms. The van der Waals surface area contributed by atoms with E-state index in [1.54, 1.807) is 6.20 Å². The van der Waals surface area contributed by atoms with Crippen LogP contribution in [-0.4, -0.2) is 24.2 Å². The molecule has 1 unspecified atom stereocenters. The molecule has 1 N–H and O–H groups in total. The van der Waals surface area contributed by atoms with E-state index in [2.05, 4.69) is 17.2 Å². The average molecular weight is 220 g/mol. The first-order chi connectivity index (χ1) is 7.77. The van der Waals surface area contributed by atoms with Gasteiger partial charge in [-0.15, -0.1) is 0 Å². The van der Waals surface area contributed by atoms with E-state index in [9.17, 15) is 0 Å². The summed E-state index contributed by atoms with van der Waals surface area (Å²) in [5, 5.41) is 3.49. The third kappa shape index (κ3) is 3.20. The molecule has 0 amide bonds. The second-order valence-electron chi connectivity index (χ2n) is 4.52. The normalized spacial score (nSPS) is 17.1. The molecule has 1 fully saturated rings. The summed E-state index contributed by atoms with van der Waals surface area (Å²) in [5.41, 5.74) is 0.956. The maximum absolute atomic E-state index is 5.66. The fourth-order valence-electron chi connectivity index (χ4n) is 1.83. The lowest BCUT2D eigenvalue weighted by Gasteiger charge is -2.13. The zero-order valence-electron chi connectivity index (χ0n) is 10.1. The van der Waals surface area contributed by atoms with Crippen LogP contribution in [0.1, 0.15) is 25.5 Å². The fraction of sp³-hybridized carbons (Fsp3) is 0.615. The smallest absolute Gasteiger partial charge is 0.140 e. The third-order valence-electron chi connectivity index (χ3n) is 3.11. The van der Waals surface area contributed by atoms with Crippen molar-refractivity contribution in [3.63, 3.8) is 0 Å². The van der Waals surface area contributed by atoms with Crippen molar-refractivity contribution < 1.29 is 4.74 Å². The number of aryl methyl sites for hydroxylation is 1. The molecule has 0 radical (unpaired) electrons. The quantitative estimate of drug-likeness (QED) is 0.746. The van der Waals surface area contributed by atoms with E-state index < -0.39 is 0 Å². The first kappa shape index (κ1) is 11.4. The number of nitrogens with zero attached hydrogens (tertiary/aromatic N) is 1. The molecule has 1 aromatic rings. The second-order valence-corrected chi connectivity index (χ2v) is 4.52. The Morgan fingerprint density at radius 1 is 1.56 bits per heavy atom. The Kier molecular flexibility index (Phi) is 3.78. The molecular formula is C13H20N2O.